The number of hydrogen-bond acceptors (Lipinski definition) is 3. The van der Waals surface area contributed by atoms with Gasteiger partial charge in [0.2, 0.25) is 0 Å². The maximum atomic E-state index is 5.95. The lowest BCUT2D eigenvalue weighted by Gasteiger charge is -2.36. The third-order valence-electron chi connectivity index (χ3n) is 4.08. The molecule has 0 radical (unpaired) electrons. The van der Waals surface area contributed by atoms with Gasteiger partial charge in [0.15, 0.2) is 5.96 Å². The number of nitrogens with zero attached hydrogens (tertiary/aromatic N) is 1. The van der Waals surface area contributed by atoms with Crippen molar-refractivity contribution in [3.63, 3.8) is 0 Å². The standard InChI is InChI=1S/C17H25N3O2/c1-3-18-16(20-10-17(2)11-21-12-17)19-9-14-8-13-6-4-5-7-15(13)22-14/h4-7,14H,3,8-12H2,1-2H3,(H2,18,19,20). The zero-order valence-corrected chi connectivity index (χ0v) is 13.4. The van der Waals surface area contributed by atoms with E-state index in [2.05, 4.69) is 41.6 Å². The highest BCUT2D eigenvalue weighted by Gasteiger charge is 2.33. The number of ether oxygens (including phenoxy) is 2. The molecule has 1 unspecified atom stereocenters. The molecule has 5 nitrogen and oxygen atoms in total. The van der Waals surface area contributed by atoms with Crippen LogP contribution in [-0.4, -0.2) is 44.9 Å². The number of nitrogens with one attached hydrogen (secondary N) is 2. The fourth-order valence-corrected chi connectivity index (χ4v) is 2.73. The van der Waals surface area contributed by atoms with Crippen LogP contribution >= 0.6 is 0 Å². The lowest BCUT2D eigenvalue weighted by atomic mass is 9.89. The monoisotopic (exact) mass is 303 g/mol. The van der Waals surface area contributed by atoms with Gasteiger partial charge in [-0.25, -0.2) is 0 Å². The average molecular weight is 303 g/mol. The molecule has 3 rings (SSSR count). The second-order valence-corrected chi connectivity index (χ2v) is 6.43. The Morgan fingerprint density at radius 1 is 1.32 bits per heavy atom. The summed E-state index contributed by atoms with van der Waals surface area (Å²) in [6, 6.07) is 8.24. The van der Waals surface area contributed by atoms with E-state index >= 15 is 0 Å². The molecule has 5 heteroatoms. The molecule has 0 amide bonds. The van der Waals surface area contributed by atoms with E-state index in [1.165, 1.54) is 5.56 Å². The van der Waals surface area contributed by atoms with Crippen molar-refractivity contribution < 1.29 is 9.47 Å². The number of aliphatic imine (C=N–C) groups is 1. The van der Waals surface area contributed by atoms with Gasteiger partial charge in [0.1, 0.15) is 11.9 Å². The van der Waals surface area contributed by atoms with Gasteiger partial charge in [-0.1, -0.05) is 25.1 Å². The third-order valence-corrected chi connectivity index (χ3v) is 4.08. The molecule has 2 aliphatic rings. The lowest BCUT2D eigenvalue weighted by molar-refractivity contribution is -0.0945. The predicted octanol–water partition coefficient (Wildman–Crippen LogP) is 1.58. The van der Waals surface area contributed by atoms with Crippen molar-refractivity contribution in [2.75, 3.05) is 32.8 Å². The first kappa shape index (κ1) is 15.2. The Kier molecular flexibility index (Phi) is 4.52. The van der Waals surface area contributed by atoms with Crippen molar-refractivity contribution in [2.45, 2.75) is 26.4 Å². The summed E-state index contributed by atoms with van der Waals surface area (Å²) >= 11 is 0. The van der Waals surface area contributed by atoms with E-state index in [0.717, 1.165) is 51.0 Å². The van der Waals surface area contributed by atoms with Crippen molar-refractivity contribution in [1.82, 2.24) is 10.6 Å². The van der Waals surface area contributed by atoms with E-state index in [0.29, 0.717) is 0 Å². The molecule has 1 atom stereocenters. The maximum absolute atomic E-state index is 5.95. The van der Waals surface area contributed by atoms with Gasteiger partial charge in [0.05, 0.1) is 26.3 Å². The van der Waals surface area contributed by atoms with Crippen LogP contribution in [0.25, 0.3) is 0 Å². The molecule has 0 aromatic heterocycles. The highest BCUT2D eigenvalue weighted by molar-refractivity contribution is 5.79. The highest BCUT2D eigenvalue weighted by atomic mass is 16.5. The Morgan fingerprint density at radius 2 is 2.14 bits per heavy atom. The van der Waals surface area contributed by atoms with Crippen LogP contribution in [0.15, 0.2) is 29.3 Å². The normalized spacial score (nSPS) is 22.5. The third kappa shape index (κ3) is 3.53. The van der Waals surface area contributed by atoms with E-state index < -0.39 is 0 Å². The smallest absolute Gasteiger partial charge is 0.191 e. The first-order valence-corrected chi connectivity index (χ1v) is 8.03. The van der Waals surface area contributed by atoms with Crippen molar-refractivity contribution in [3.05, 3.63) is 29.8 Å². The molecule has 0 bridgehead atoms. The van der Waals surface area contributed by atoms with Crippen LogP contribution in [0.4, 0.5) is 0 Å². The van der Waals surface area contributed by atoms with Crippen LogP contribution < -0.4 is 15.4 Å². The van der Waals surface area contributed by atoms with Gasteiger partial charge in [-0.3, -0.25) is 4.99 Å². The molecule has 1 aromatic carbocycles. The fraction of sp³-hybridized carbons (Fsp3) is 0.588. The largest absolute Gasteiger partial charge is 0.488 e. The van der Waals surface area contributed by atoms with Gasteiger partial charge in [0, 0.05) is 18.4 Å². The second-order valence-electron chi connectivity index (χ2n) is 6.43. The molecular formula is C17H25N3O2. The molecule has 120 valence electrons. The Labute approximate surface area is 132 Å². The minimum absolute atomic E-state index is 0.170. The average Bonchev–Trinajstić information content (AvgIpc) is 2.91. The summed E-state index contributed by atoms with van der Waals surface area (Å²) in [5, 5.41) is 6.68. The number of rotatable bonds is 5. The number of fused-ring (bicyclic) bond motifs is 1. The molecule has 1 fully saturated rings. The predicted molar refractivity (Wildman–Crippen MR) is 87.5 cm³/mol. The Hall–Kier alpha value is -1.75. The van der Waals surface area contributed by atoms with E-state index in [4.69, 9.17) is 9.47 Å². The van der Waals surface area contributed by atoms with E-state index in [9.17, 15) is 0 Å². The van der Waals surface area contributed by atoms with Crippen molar-refractivity contribution in [1.29, 1.82) is 0 Å². The van der Waals surface area contributed by atoms with Gasteiger partial charge in [-0.05, 0) is 18.6 Å². The van der Waals surface area contributed by atoms with Crippen molar-refractivity contribution in [2.24, 2.45) is 10.4 Å². The van der Waals surface area contributed by atoms with Gasteiger partial charge in [0.25, 0.3) is 0 Å². The minimum atomic E-state index is 0.170. The second kappa shape index (κ2) is 6.57. The van der Waals surface area contributed by atoms with E-state index in [-0.39, 0.29) is 11.5 Å². The first-order chi connectivity index (χ1) is 10.7. The van der Waals surface area contributed by atoms with Gasteiger partial charge in [-0.15, -0.1) is 0 Å². The summed E-state index contributed by atoms with van der Waals surface area (Å²) in [5.41, 5.74) is 1.48. The quantitative estimate of drug-likeness (QED) is 0.640. The Bertz CT molecular complexity index is 515. The molecule has 0 spiro atoms. The molecular weight excluding hydrogens is 278 g/mol. The minimum Gasteiger partial charge on any atom is -0.488 e. The SMILES string of the molecule is CCNC(=NCC1(C)COC1)NCC1Cc2ccccc2O1. The van der Waals surface area contributed by atoms with Gasteiger partial charge >= 0.3 is 0 Å². The Balaban J connectivity index is 1.51. The molecule has 1 aromatic rings. The summed E-state index contributed by atoms with van der Waals surface area (Å²) in [6.45, 7) is 8.29. The van der Waals surface area contributed by atoms with Crippen LogP contribution in [-0.2, 0) is 11.2 Å². The number of para-hydroxylation sites is 1. The van der Waals surface area contributed by atoms with Gasteiger partial charge in [-0.2, -0.15) is 0 Å². The van der Waals surface area contributed by atoms with E-state index in [1.54, 1.807) is 0 Å². The zero-order valence-electron chi connectivity index (χ0n) is 13.4. The fourth-order valence-electron chi connectivity index (χ4n) is 2.73. The summed E-state index contributed by atoms with van der Waals surface area (Å²) in [7, 11) is 0. The highest BCUT2D eigenvalue weighted by Crippen LogP contribution is 2.28. The molecule has 1 saturated heterocycles. The van der Waals surface area contributed by atoms with Crippen LogP contribution in [0.1, 0.15) is 19.4 Å². The topological polar surface area (TPSA) is 54.9 Å². The molecule has 2 heterocycles. The summed E-state index contributed by atoms with van der Waals surface area (Å²) in [5.74, 6) is 1.87. The van der Waals surface area contributed by atoms with Crippen molar-refractivity contribution >= 4 is 5.96 Å². The van der Waals surface area contributed by atoms with Crippen LogP contribution in [0, 0.1) is 5.41 Å². The van der Waals surface area contributed by atoms with Crippen LogP contribution in [0.2, 0.25) is 0 Å². The molecule has 0 saturated carbocycles. The summed E-state index contributed by atoms with van der Waals surface area (Å²) in [6.07, 6.45) is 1.12. The number of guanidine groups is 1. The van der Waals surface area contributed by atoms with Crippen LogP contribution in [0.5, 0.6) is 5.75 Å². The Morgan fingerprint density at radius 3 is 2.82 bits per heavy atom. The molecule has 2 N–H and O–H groups in total. The molecule has 2 aliphatic heterocycles. The molecule has 22 heavy (non-hydrogen) atoms. The maximum Gasteiger partial charge on any atom is 0.191 e. The summed E-state index contributed by atoms with van der Waals surface area (Å²) in [4.78, 5) is 4.68. The lowest BCUT2D eigenvalue weighted by Crippen LogP contribution is -2.45. The van der Waals surface area contributed by atoms with Crippen LogP contribution in [0.3, 0.4) is 0 Å². The van der Waals surface area contributed by atoms with Crippen molar-refractivity contribution in [3.8, 4) is 5.75 Å². The van der Waals surface area contributed by atoms with Gasteiger partial charge < -0.3 is 20.1 Å². The first-order valence-electron chi connectivity index (χ1n) is 8.03. The number of benzene rings is 1. The zero-order chi connectivity index (χ0) is 15.4. The molecule has 0 aliphatic carbocycles. The number of hydrogen-bond donors (Lipinski definition) is 2. The summed E-state index contributed by atoms with van der Waals surface area (Å²) < 4.78 is 11.2. The van der Waals surface area contributed by atoms with E-state index in [1.807, 2.05) is 12.1 Å².